The molecule has 1 unspecified atom stereocenters. The van der Waals surface area contributed by atoms with Crippen LogP contribution in [0.25, 0.3) is 0 Å². The van der Waals surface area contributed by atoms with Gasteiger partial charge in [0.25, 0.3) is 5.91 Å². The van der Waals surface area contributed by atoms with Crippen LogP contribution in [-0.4, -0.2) is 51.2 Å². The van der Waals surface area contributed by atoms with E-state index in [-0.39, 0.29) is 29.3 Å². The van der Waals surface area contributed by atoms with Crippen molar-refractivity contribution >= 4 is 52.6 Å². The molecule has 1 aromatic heterocycles. The summed E-state index contributed by atoms with van der Waals surface area (Å²) in [6, 6.07) is 3.09. The Labute approximate surface area is 145 Å². The summed E-state index contributed by atoms with van der Waals surface area (Å²) >= 11 is 4.31. The summed E-state index contributed by atoms with van der Waals surface area (Å²) in [5, 5.41) is 13.6. The van der Waals surface area contributed by atoms with E-state index in [1.165, 1.54) is 39.8 Å². The van der Waals surface area contributed by atoms with Crippen LogP contribution >= 0.6 is 34.9 Å². The predicted octanol–water partition coefficient (Wildman–Crippen LogP) is 1.35. The number of rotatable bonds is 5. The molecule has 2 amide bonds. The number of carboxylic acids is 1. The van der Waals surface area contributed by atoms with E-state index >= 15 is 0 Å². The van der Waals surface area contributed by atoms with Crippen LogP contribution < -0.4 is 5.32 Å². The predicted molar refractivity (Wildman–Crippen MR) is 91.2 cm³/mol. The van der Waals surface area contributed by atoms with Gasteiger partial charge in [-0.05, 0) is 17.7 Å². The molecule has 1 saturated heterocycles. The minimum atomic E-state index is -1.10. The number of β-lactam (4-membered cyclic amide) rings is 1. The van der Waals surface area contributed by atoms with Crippen molar-refractivity contribution < 1.29 is 19.5 Å². The van der Waals surface area contributed by atoms with Crippen LogP contribution in [0.15, 0.2) is 28.1 Å². The monoisotopic (exact) mass is 370 g/mol. The van der Waals surface area contributed by atoms with Gasteiger partial charge in [-0.15, -0.1) is 34.9 Å². The summed E-state index contributed by atoms with van der Waals surface area (Å²) in [6.45, 7) is 0. The number of carboxylic acid groups (broad SMARTS) is 1. The normalized spacial score (nSPS) is 23.3. The molecule has 6 nitrogen and oxygen atoms in total. The van der Waals surface area contributed by atoms with Crippen molar-refractivity contribution in [1.82, 2.24) is 10.2 Å². The van der Waals surface area contributed by atoms with Crippen LogP contribution in [0.2, 0.25) is 0 Å². The van der Waals surface area contributed by atoms with E-state index in [1.54, 1.807) is 6.26 Å². The number of nitrogens with zero attached hydrogens (tertiary/aromatic N) is 1. The molecule has 1 aromatic rings. The van der Waals surface area contributed by atoms with Crippen LogP contribution in [0.3, 0.4) is 0 Å². The molecule has 0 bridgehead atoms. The fraction of sp³-hybridized carbons (Fsp3) is 0.357. The van der Waals surface area contributed by atoms with E-state index in [4.69, 9.17) is 0 Å². The molecule has 0 aromatic carbocycles. The number of carbonyl (C=O) groups excluding carboxylic acids is 2. The number of hydrogen-bond acceptors (Lipinski definition) is 6. The van der Waals surface area contributed by atoms with Gasteiger partial charge in [-0.2, -0.15) is 0 Å². The number of thioether (sulfide) groups is 2. The molecular formula is C14H14N2O4S3. The maximum Gasteiger partial charge on any atom is 0.353 e. The van der Waals surface area contributed by atoms with Crippen molar-refractivity contribution in [3.63, 3.8) is 0 Å². The molecule has 0 saturated carbocycles. The lowest BCUT2D eigenvalue weighted by Crippen LogP contribution is -2.70. The first-order chi connectivity index (χ1) is 11.0. The van der Waals surface area contributed by atoms with E-state index in [0.29, 0.717) is 10.7 Å². The summed E-state index contributed by atoms with van der Waals surface area (Å²) in [5.41, 5.74) is 0.0509. The molecule has 3 heterocycles. The van der Waals surface area contributed by atoms with Crippen LogP contribution in [0.1, 0.15) is 4.88 Å². The molecule has 2 atom stereocenters. The van der Waals surface area contributed by atoms with Gasteiger partial charge in [-0.25, -0.2) is 4.79 Å². The van der Waals surface area contributed by atoms with Gasteiger partial charge in [-0.1, -0.05) is 6.07 Å². The molecule has 122 valence electrons. The molecule has 2 N–H and O–H groups in total. The average Bonchev–Trinajstić information content (AvgIpc) is 3.03. The molecule has 2 aliphatic heterocycles. The Morgan fingerprint density at radius 3 is 2.91 bits per heavy atom. The van der Waals surface area contributed by atoms with Crippen molar-refractivity contribution in [3.05, 3.63) is 33.0 Å². The van der Waals surface area contributed by atoms with Crippen LogP contribution in [-0.2, 0) is 20.8 Å². The number of nitrogens with one attached hydrogen (secondary N) is 1. The molecule has 0 aliphatic carbocycles. The van der Waals surface area contributed by atoms with Crippen molar-refractivity contribution in [2.75, 3.05) is 12.0 Å². The Kier molecular flexibility index (Phi) is 4.69. The highest BCUT2D eigenvalue weighted by Gasteiger charge is 2.54. The fourth-order valence-electron chi connectivity index (χ4n) is 2.54. The molecule has 1 fully saturated rings. The Morgan fingerprint density at radius 2 is 2.30 bits per heavy atom. The molecule has 0 radical (unpaired) electrons. The van der Waals surface area contributed by atoms with Crippen molar-refractivity contribution in [2.45, 2.75) is 17.8 Å². The lowest BCUT2D eigenvalue weighted by atomic mass is 10.0. The Balaban J connectivity index is 1.69. The number of amides is 2. The van der Waals surface area contributed by atoms with E-state index in [2.05, 4.69) is 5.32 Å². The molecule has 0 spiro atoms. The smallest absolute Gasteiger partial charge is 0.353 e. The van der Waals surface area contributed by atoms with Gasteiger partial charge in [0.15, 0.2) is 0 Å². The lowest BCUT2D eigenvalue weighted by molar-refractivity contribution is -0.150. The first-order valence-corrected chi connectivity index (χ1v) is 9.95. The van der Waals surface area contributed by atoms with Gasteiger partial charge in [0.05, 0.1) is 6.42 Å². The second kappa shape index (κ2) is 6.58. The summed E-state index contributed by atoms with van der Waals surface area (Å²) in [5.74, 6) is -1.14. The van der Waals surface area contributed by atoms with Crippen molar-refractivity contribution in [3.8, 4) is 0 Å². The second-order valence-corrected chi connectivity index (χ2v) is 8.03. The van der Waals surface area contributed by atoms with E-state index in [0.717, 1.165) is 4.88 Å². The Morgan fingerprint density at radius 1 is 1.52 bits per heavy atom. The summed E-state index contributed by atoms with van der Waals surface area (Å²) in [6.07, 6.45) is 2.03. The third-order valence-corrected chi connectivity index (χ3v) is 6.78. The van der Waals surface area contributed by atoms with Gasteiger partial charge in [0.2, 0.25) is 5.91 Å². The lowest BCUT2D eigenvalue weighted by Gasteiger charge is -2.49. The SMILES string of the molecule is CSC1=C(C(=O)O)N2C(=O)C(NC(=O)Cc3cccs3)[C@@H]2SC1. The third-order valence-electron chi connectivity index (χ3n) is 3.61. The molecule has 23 heavy (non-hydrogen) atoms. The highest BCUT2D eigenvalue weighted by Crippen LogP contribution is 2.42. The second-order valence-electron chi connectivity index (χ2n) is 4.99. The number of thiophene rings is 1. The van der Waals surface area contributed by atoms with Gasteiger partial charge in [0, 0.05) is 15.5 Å². The molecular weight excluding hydrogens is 356 g/mol. The number of fused-ring (bicyclic) bond motifs is 1. The topological polar surface area (TPSA) is 86.7 Å². The first kappa shape index (κ1) is 16.4. The van der Waals surface area contributed by atoms with Crippen LogP contribution in [0.5, 0.6) is 0 Å². The zero-order chi connectivity index (χ0) is 16.6. The summed E-state index contributed by atoms with van der Waals surface area (Å²) in [4.78, 5) is 38.7. The molecule has 2 aliphatic rings. The maximum atomic E-state index is 12.3. The zero-order valence-corrected chi connectivity index (χ0v) is 14.6. The zero-order valence-electron chi connectivity index (χ0n) is 12.1. The van der Waals surface area contributed by atoms with Crippen molar-refractivity contribution in [2.24, 2.45) is 0 Å². The van der Waals surface area contributed by atoms with E-state index in [9.17, 15) is 19.5 Å². The average molecular weight is 370 g/mol. The quantitative estimate of drug-likeness (QED) is 0.761. The number of carbonyl (C=O) groups is 3. The van der Waals surface area contributed by atoms with Crippen molar-refractivity contribution in [1.29, 1.82) is 0 Å². The van der Waals surface area contributed by atoms with Crippen LogP contribution in [0, 0.1) is 0 Å². The first-order valence-electron chi connectivity index (χ1n) is 6.79. The maximum absolute atomic E-state index is 12.3. The summed E-state index contributed by atoms with van der Waals surface area (Å²) in [7, 11) is 0. The number of aliphatic carboxylic acids is 1. The highest BCUT2D eigenvalue weighted by molar-refractivity contribution is 8.05. The number of hydrogen-bond donors (Lipinski definition) is 2. The highest BCUT2D eigenvalue weighted by atomic mass is 32.2. The van der Waals surface area contributed by atoms with E-state index < -0.39 is 12.0 Å². The Bertz CT molecular complexity index is 686. The summed E-state index contributed by atoms with van der Waals surface area (Å²) < 4.78 is 0. The minimum absolute atomic E-state index is 0.0509. The van der Waals surface area contributed by atoms with Gasteiger partial charge < -0.3 is 10.4 Å². The van der Waals surface area contributed by atoms with Gasteiger partial charge >= 0.3 is 5.97 Å². The third kappa shape index (κ3) is 3.00. The molecule has 3 rings (SSSR count). The molecule has 9 heteroatoms. The van der Waals surface area contributed by atoms with Gasteiger partial charge in [-0.3, -0.25) is 14.5 Å². The van der Waals surface area contributed by atoms with Crippen LogP contribution in [0.4, 0.5) is 0 Å². The fourth-order valence-corrected chi connectivity index (χ4v) is 5.50. The Hall–Kier alpha value is -1.45. The largest absolute Gasteiger partial charge is 0.477 e. The standard InChI is InChI=1S/C14H14N2O4S3/c1-21-8-6-23-13-10(12(18)16(13)11(8)14(19)20)15-9(17)5-7-3-2-4-22-7/h2-4,10,13H,5-6H2,1H3,(H,15,17)(H,19,20)/t10?,13-/m0/s1. The van der Waals surface area contributed by atoms with E-state index in [1.807, 2.05) is 17.5 Å². The minimum Gasteiger partial charge on any atom is -0.477 e. The van der Waals surface area contributed by atoms with Gasteiger partial charge in [0.1, 0.15) is 17.1 Å².